The summed E-state index contributed by atoms with van der Waals surface area (Å²) in [4.78, 5) is 2.94. The lowest BCUT2D eigenvalue weighted by molar-refractivity contribution is 0.415. The molecule has 0 amide bonds. The fourth-order valence-corrected chi connectivity index (χ4v) is 4.37. The van der Waals surface area contributed by atoms with Crippen molar-refractivity contribution >= 4 is 11.3 Å². The predicted molar refractivity (Wildman–Crippen MR) is 81.1 cm³/mol. The summed E-state index contributed by atoms with van der Waals surface area (Å²) >= 11 is 1.95. The largest absolute Gasteiger partial charge is 0.309 e. The Balaban J connectivity index is 2.22. The molecule has 1 aromatic heterocycles. The van der Waals surface area contributed by atoms with Crippen LogP contribution in [-0.4, -0.2) is 6.54 Å². The van der Waals surface area contributed by atoms with E-state index in [4.69, 9.17) is 0 Å². The first-order valence-corrected chi connectivity index (χ1v) is 7.93. The summed E-state index contributed by atoms with van der Waals surface area (Å²) < 4.78 is 0. The molecule has 1 aromatic rings. The van der Waals surface area contributed by atoms with Crippen LogP contribution in [0.3, 0.4) is 0 Å². The average molecular weight is 265 g/mol. The Labute approximate surface area is 116 Å². The standard InChI is InChI=1S/C16H27NS/c1-7-10-17-13(12-9-8-11(2)18-12)14-15(3,4)16(14,5)6/h8-9,13-14,17H,7,10H2,1-6H3. The zero-order valence-corrected chi connectivity index (χ0v) is 13.4. The first kappa shape index (κ1) is 14.1. The molecule has 0 spiro atoms. The van der Waals surface area contributed by atoms with E-state index in [1.165, 1.54) is 16.2 Å². The van der Waals surface area contributed by atoms with Crippen LogP contribution in [0.2, 0.25) is 0 Å². The number of aryl methyl sites for hydroxylation is 1. The highest BCUT2D eigenvalue weighted by molar-refractivity contribution is 7.12. The third-order valence-corrected chi connectivity index (χ3v) is 6.23. The highest BCUT2D eigenvalue weighted by Crippen LogP contribution is 2.72. The Kier molecular flexibility index (Phi) is 3.63. The minimum atomic E-state index is 0.441. The van der Waals surface area contributed by atoms with Gasteiger partial charge in [0.25, 0.3) is 0 Å². The summed E-state index contributed by atoms with van der Waals surface area (Å²) in [6.07, 6.45) is 1.20. The van der Waals surface area contributed by atoms with Gasteiger partial charge in [0.2, 0.25) is 0 Å². The molecule has 1 atom stereocenters. The van der Waals surface area contributed by atoms with Crippen molar-refractivity contribution < 1.29 is 0 Å². The van der Waals surface area contributed by atoms with Gasteiger partial charge in [-0.25, -0.2) is 0 Å². The summed E-state index contributed by atoms with van der Waals surface area (Å²) in [5.41, 5.74) is 0.882. The molecular weight excluding hydrogens is 238 g/mol. The summed E-state index contributed by atoms with van der Waals surface area (Å²) in [6.45, 7) is 15.2. The SMILES string of the molecule is CCCNC(c1ccc(C)s1)C1C(C)(C)C1(C)C. The van der Waals surface area contributed by atoms with E-state index >= 15 is 0 Å². The molecule has 1 N–H and O–H groups in total. The van der Waals surface area contributed by atoms with Crippen molar-refractivity contribution in [2.75, 3.05) is 6.54 Å². The number of nitrogens with one attached hydrogen (secondary N) is 1. The van der Waals surface area contributed by atoms with Gasteiger partial charge in [0, 0.05) is 15.8 Å². The molecule has 2 rings (SSSR count). The van der Waals surface area contributed by atoms with Gasteiger partial charge >= 0.3 is 0 Å². The van der Waals surface area contributed by atoms with E-state index in [9.17, 15) is 0 Å². The highest BCUT2D eigenvalue weighted by Gasteiger charge is 2.67. The number of hydrogen-bond donors (Lipinski definition) is 1. The molecule has 1 saturated carbocycles. The van der Waals surface area contributed by atoms with E-state index in [1.54, 1.807) is 0 Å². The second kappa shape index (κ2) is 4.64. The van der Waals surface area contributed by atoms with Crippen LogP contribution in [0.4, 0.5) is 0 Å². The van der Waals surface area contributed by atoms with E-state index in [-0.39, 0.29) is 0 Å². The summed E-state index contributed by atoms with van der Waals surface area (Å²) in [6, 6.07) is 5.11. The molecule has 18 heavy (non-hydrogen) atoms. The van der Waals surface area contributed by atoms with Gasteiger partial charge in [0.05, 0.1) is 0 Å². The number of hydrogen-bond acceptors (Lipinski definition) is 2. The minimum absolute atomic E-state index is 0.441. The lowest BCUT2D eigenvalue weighted by Gasteiger charge is -2.19. The Morgan fingerprint density at radius 2 is 1.83 bits per heavy atom. The van der Waals surface area contributed by atoms with Crippen LogP contribution in [-0.2, 0) is 0 Å². The number of rotatable bonds is 5. The van der Waals surface area contributed by atoms with E-state index in [1.807, 2.05) is 11.3 Å². The van der Waals surface area contributed by atoms with Crippen LogP contribution >= 0.6 is 11.3 Å². The van der Waals surface area contributed by atoms with E-state index in [0.717, 1.165) is 12.5 Å². The van der Waals surface area contributed by atoms with Gasteiger partial charge < -0.3 is 5.32 Å². The van der Waals surface area contributed by atoms with Gasteiger partial charge in [0.15, 0.2) is 0 Å². The van der Waals surface area contributed by atoms with Crippen molar-refractivity contribution in [3.05, 3.63) is 21.9 Å². The monoisotopic (exact) mass is 265 g/mol. The van der Waals surface area contributed by atoms with Gasteiger partial charge in [-0.1, -0.05) is 34.6 Å². The van der Waals surface area contributed by atoms with Crippen LogP contribution in [0.1, 0.15) is 56.8 Å². The van der Waals surface area contributed by atoms with Crippen LogP contribution in [0.15, 0.2) is 12.1 Å². The molecule has 2 heteroatoms. The second-order valence-electron chi connectivity index (χ2n) is 6.80. The molecular formula is C16H27NS. The maximum atomic E-state index is 3.78. The minimum Gasteiger partial charge on any atom is -0.309 e. The van der Waals surface area contributed by atoms with Gasteiger partial charge in [0.1, 0.15) is 0 Å². The maximum absolute atomic E-state index is 3.78. The summed E-state index contributed by atoms with van der Waals surface area (Å²) in [5.74, 6) is 0.745. The molecule has 0 aliphatic heterocycles. The first-order valence-electron chi connectivity index (χ1n) is 7.12. The fraction of sp³-hybridized carbons (Fsp3) is 0.750. The van der Waals surface area contributed by atoms with Crippen molar-refractivity contribution in [3.8, 4) is 0 Å². The molecule has 1 heterocycles. The van der Waals surface area contributed by atoms with Gasteiger partial charge in [-0.05, 0) is 48.8 Å². The van der Waals surface area contributed by atoms with Crippen molar-refractivity contribution in [1.82, 2.24) is 5.32 Å². The summed E-state index contributed by atoms with van der Waals surface area (Å²) in [5, 5.41) is 3.78. The molecule has 1 unspecified atom stereocenters. The summed E-state index contributed by atoms with van der Waals surface area (Å²) in [7, 11) is 0. The Morgan fingerprint density at radius 1 is 1.22 bits per heavy atom. The predicted octanol–water partition coefficient (Wildman–Crippen LogP) is 4.78. The molecule has 0 aromatic carbocycles. The topological polar surface area (TPSA) is 12.0 Å². The van der Waals surface area contributed by atoms with Crippen molar-refractivity contribution in [2.45, 2.75) is 54.0 Å². The zero-order valence-electron chi connectivity index (χ0n) is 12.6. The molecule has 102 valence electrons. The Bertz CT molecular complexity index is 402. The zero-order chi connectivity index (χ0) is 13.6. The van der Waals surface area contributed by atoms with Crippen LogP contribution in [0, 0.1) is 23.7 Å². The lowest BCUT2D eigenvalue weighted by Crippen LogP contribution is -2.25. The molecule has 1 fully saturated rings. The van der Waals surface area contributed by atoms with E-state index < -0.39 is 0 Å². The van der Waals surface area contributed by atoms with Gasteiger partial charge in [-0.15, -0.1) is 11.3 Å². The molecule has 0 radical (unpaired) electrons. The quantitative estimate of drug-likeness (QED) is 0.808. The molecule has 0 bridgehead atoms. The van der Waals surface area contributed by atoms with E-state index in [2.05, 4.69) is 59.0 Å². The van der Waals surface area contributed by atoms with Crippen molar-refractivity contribution in [3.63, 3.8) is 0 Å². The smallest absolute Gasteiger partial charge is 0.0454 e. The Hall–Kier alpha value is -0.340. The molecule has 1 nitrogen and oxygen atoms in total. The molecule has 0 saturated heterocycles. The first-order chi connectivity index (χ1) is 8.32. The second-order valence-corrected chi connectivity index (χ2v) is 8.12. The van der Waals surface area contributed by atoms with E-state index in [0.29, 0.717) is 16.9 Å². The third-order valence-electron chi connectivity index (χ3n) is 5.15. The van der Waals surface area contributed by atoms with Crippen LogP contribution in [0.25, 0.3) is 0 Å². The van der Waals surface area contributed by atoms with Gasteiger partial charge in [-0.2, -0.15) is 0 Å². The molecule has 1 aliphatic rings. The molecule has 1 aliphatic carbocycles. The highest BCUT2D eigenvalue weighted by atomic mass is 32.1. The maximum Gasteiger partial charge on any atom is 0.0454 e. The fourth-order valence-electron chi connectivity index (χ4n) is 3.38. The number of thiophene rings is 1. The van der Waals surface area contributed by atoms with Crippen molar-refractivity contribution in [1.29, 1.82) is 0 Å². The normalized spacial score (nSPS) is 23.0. The lowest BCUT2D eigenvalue weighted by atomic mass is 10.0. The average Bonchev–Trinajstić information content (AvgIpc) is 2.64. The Morgan fingerprint density at radius 3 is 2.22 bits per heavy atom. The third kappa shape index (κ3) is 2.14. The van der Waals surface area contributed by atoms with Crippen LogP contribution < -0.4 is 5.32 Å². The van der Waals surface area contributed by atoms with Gasteiger partial charge in [-0.3, -0.25) is 0 Å². The van der Waals surface area contributed by atoms with Crippen LogP contribution in [0.5, 0.6) is 0 Å². The van der Waals surface area contributed by atoms with Crippen molar-refractivity contribution in [2.24, 2.45) is 16.7 Å².